The fraction of sp³-hybridized carbons (Fsp3) is 0.355. The highest BCUT2D eigenvalue weighted by molar-refractivity contribution is 7.92. The van der Waals surface area contributed by atoms with E-state index in [9.17, 15) is 18.0 Å². The normalized spacial score (nSPS) is 14.8. The van der Waals surface area contributed by atoms with E-state index in [1.165, 1.54) is 29.2 Å². The number of nitrogens with one attached hydrogen (secondary N) is 1. The number of hydrogen-bond donors (Lipinski definition) is 1. The molecule has 0 radical (unpaired) electrons. The number of benzene rings is 3. The van der Waals surface area contributed by atoms with E-state index >= 15 is 0 Å². The van der Waals surface area contributed by atoms with Crippen LogP contribution in [0, 0.1) is 6.92 Å². The quantitative estimate of drug-likeness (QED) is 0.332. The summed E-state index contributed by atoms with van der Waals surface area (Å²) in [6.07, 6.45) is 5.15. The van der Waals surface area contributed by atoms with Gasteiger partial charge in [-0.3, -0.25) is 13.9 Å². The fourth-order valence-corrected chi connectivity index (χ4v) is 6.51. The zero-order chi connectivity index (χ0) is 28.7. The van der Waals surface area contributed by atoms with Crippen LogP contribution in [0.4, 0.5) is 5.69 Å². The first-order valence-electron chi connectivity index (χ1n) is 13.6. The highest BCUT2D eigenvalue weighted by Gasteiger charge is 2.33. The predicted octanol–water partition coefficient (Wildman–Crippen LogP) is 5.71. The fourth-order valence-electron chi connectivity index (χ4n) is 4.98. The molecule has 0 aromatic heterocycles. The Kier molecular flexibility index (Phi) is 9.87. The number of hydrogen-bond acceptors (Lipinski definition) is 4. The lowest BCUT2D eigenvalue weighted by Crippen LogP contribution is -2.53. The molecule has 1 saturated carbocycles. The molecule has 0 saturated heterocycles. The van der Waals surface area contributed by atoms with Crippen molar-refractivity contribution < 1.29 is 18.0 Å². The van der Waals surface area contributed by atoms with Crippen molar-refractivity contribution >= 4 is 39.1 Å². The van der Waals surface area contributed by atoms with Crippen LogP contribution in [-0.4, -0.2) is 43.8 Å². The third-order valence-electron chi connectivity index (χ3n) is 7.28. The van der Waals surface area contributed by atoms with Crippen LogP contribution in [0.25, 0.3) is 0 Å². The maximum atomic E-state index is 14.0. The van der Waals surface area contributed by atoms with Gasteiger partial charge < -0.3 is 10.2 Å². The number of aryl methyl sites for hydroxylation is 1. The van der Waals surface area contributed by atoms with E-state index in [1.54, 1.807) is 25.1 Å². The number of rotatable bonds is 10. The van der Waals surface area contributed by atoms with Crippen molar-refractivity contribution in [3.8, 4) is 0 Å². The number of carbonyl (C=O) groups is 2. The molecule has 2 amide bonds. The second-order valence-electron chi connectivity index (χ2n) is 10.3. The van der Waals surface area contributed by atoms with Crippen molar-refractivity contribution in [1.29, 1.82) is 0 Å². The first-order valence-corrected chi connectivity index (χ1v) is 15.5. The van der Waals surface area contributed by atoms with E-state index in [4.69, 9.17) is 11.6 Å². The van der Waals surface area contributed by atoms with Gasteiger partial charge >= 0.3 is 0 Å². The molecule has 1 fully saturated rings. The molecule has 1 aliphatic carbocycles. The molecule has 1 atom stereocenters. The molecule has 40 heavy (non-hydrogen) atoms. The lowest BCUT2D eigenvalue weighted by atomic mass is 9.95. The second kappa shape index (κ2) is 13.3. The van der Waals surface area contributed by atoms with E-state index in [0.29, 0.717) is 10.7 Å². The minimum atomic E-state index is -4.13. The standard InChI is InChI=1S/C31H36ClN3O4S/c1-23-10-9-15-28(20-23)35(40(38,39)29-18-16-26(32)17-19-29)22-30(36)34(21-25-11-5-3-6-12-25)24(2)31(37)33-27-13-7-4-8-14-27/h3,5-6,9-12,15-20,24,27H,4,7-8,13-14,21-22H2,1-2H3,(H,33,37)/t24-/m1/s1. The minimum Gasteiger partial charge on any atom is -0.352 e. The first kappa shape index (κ1) is 29.6. The Balaban J connectivity index is 1.66. The van der Waals surface area contributed by atoms with Gasteiger partial charge in [-0.1, -0.05) is 73.3 Å². The third-order valence-corrected chi connectivity index (χ3v) is 9.32. The largest absolute Gasteiger partial charge is 0.352 e. The van der Waals surface area contributed by atoms with Crippen LogP contribution >= 0.6 is 11.6 Å². The maximum Gasteiger partial charge on any atom is 0.264 e. The van der Waals surface area contributed by atoms with Gasteiger partial charge in [-0.05, 0) is 74.2 Å². The summed E-state index contributed by atoms with van der Waals surface area (Å²) in [6.45, 7) is 3.26. The Morgan fingerprint density at radius 2 is 1.62 bits per heavy atom. The Hall–Kier alpha value is -3.36. The summed E-state index contributed by atoms with van der Waals surface area (Å²) in [4.78, 5) is 28.8. The van der Waals surface area contributed by atoms with Gasteiger partial charge in [0.1, 0.15) is 12.6 Å². The molecule has 0 heterocycles. The molecule has 1 aliphatic rings. The number of sulfonamides is 1. The van der Waals surface area contributed by atoms with Gasteiger partial charge in [-0.15, -0.1) is 0 Å². The number of halogens is 1. The smallest absolute Gasteiger partial charge is 0.264 e. The average Bonchev–Trinajstić information content (AvgIpc) is 2.95. The molecule has 0 unspecified atom stereocenters. The van der Waals surface area contributed by atoms with Crippen molar-refractivity contribution in [3.63, 3.8) is 0 Å². The van der Waals surface area contributed by atoms with Gasteiger partial charge in [0.2, 0.25) is 11.8 Å². The first-order chi connectivity index (χ1) is 19.1. The third kappa shape index (κ3) is 7.43. The van der Waals surface area contributed by atoms with Gasteiger partial charge in [-0.25, -0.2) is 8.42 Å². The highest BCUT2D eigenvalue weighted by Crippen LogP contribution is 2.26. The second-order valence-corrected chi connectivity index (χ2v) is 12.6. The molecular formula is C31H36ClN3O4S. The van der Waals surface area contributed by atoms with Crippen LogP contribution in [0.15, 0.2) is 83.8 Å². The Labute approximate surface area is 242 Å². The molecule has 0 bridgehead atoms. The number of nitrogens with zero attached hydrogens (tertiary/aromatic N) is 2. The summed E-state index contributed by atoms with van der Waals surface area (Å²) >= 11 is 6.01. The maximum absolute atomic E-state index is 14.0. The zero-order valence-electron chi connectivity index (χ0n) is 22.9. The van der Waals surface area contributed by atoms with Crippen molar-refractivity contribution in [2.45, 2.75) is 69.5 Å². The Bertz CT molecular complexity index is 1410. The van der Waals surface area contributed by atoms with Crippen molar-refractivity contribution in [3.05, 3.63) is 95.0 Å². The molecule has 212 valence electrons. The lowest BCUT2D eigenvalue weighted by molar-refractivity contribution is -0.139. The summed E-state index contributed by atoms with van der Waals surface area (Å²) in [6, 6.07) is 21.5. The summed E-state index contributed by atoms with van der Waals surface area (Å²) in [5.74, 6) is -0.715. The zero-order valence-corrected chi connectivity index (χ0v) is 24.5. The topological polar surface area (TPSA) is 86.8 Å². The van der Waals surface area contributed by atoms with Gasteiger partial charge in [0.15, 0.2) is 0 Å². The van der Waals surface area contributed by atoms with Gasteiger partial charge in [0.05, 0.1) is 10.6 Å². The Morgan fingerprint density at radius 1 is 0.950 bits per heavy atom. The average molecular weight is 582 g/mol. The number of amides is 2. The van der Waals surface area contributed by atoms with Crippen molar-refractivity contribution in [2.24, 2.45) is 0 Å². The number of anilines is 1. The monoisotopic (exact) mass is 581 g/mol. The van der Waals surface area contributed by atoms with Crippen LogP contribution < -0.4 is 9.62 Å². The van der Waals surface area contributed by atoms with E-state index in [1.807, 2.05) is 43.3 Å². The molecule has 1 N–H and O–H groups in total. The van der Waals surface area contributed by atoms with E-state index in [0.717, 1.165) is 47.5 Å². The molecule has 0 spiro atoms. The molecule has 7 nitrogen and oxygen atoms in total. The van der Waals surface area contributed by atoms with Crippen LogP contribution in [-0.2, 0) is 26.2 Å². The molecule has 4 rings (SSSR count). The van der Waals surface area contributed by atoms with Crippen molar-refractivity contribution in [2.75, 3.05) is 10.8 Å². The SMILES string of the molecule is Cc1cccc(N(CC(=O)N(Cc2ccccc2)[C@H](C)C(=O)NC2CCCCC2)S(=O)(=O)c2ccc(Cl)cc2)c1. The van der Waals surface area contributed by atoms with E-state index in [2.05, 4.69) is 5.32 Å². The molecule has 3 aromatic rings. The molecule has 3 aromatic carbocycles. The van der Waals surface area contributed by atoms with E-state index in [-0.39, 0.29) is 23.4 Å². The van der Waals surface area contributed by atoms with Gasteiger partial charge in [0.25, 0.3) is 10.0 Å². The van der Waals surface area contributed by atoms with Gasteiger partial charge in [0, 0.05) is 17.6 Å². The van der Waals surface area contributed by atoms with Gasteiger partial charge in [-0.2, -0.15) is 0 Å². The minimum absolute atomic E-state index is 0.0175. The summed E-state index contributed by atoms with van der Waals surface area (Å²) < 4.78 is 28.8. The van der Waals surface area contributed by atoms with Crippen LogP contribution in [0.2, 0.25) is 5.02 Å². The van der Waals surface area contributed by atoms with Crippen LogP contribution in [0.5, 0.6) is 0 Å². The summed E-state index contributed by atoms with van der Waals surface area (Å²) in [7, 11) is -4.13. The predicted molar refractivity (Wildman–Crippen MR) is 159 cm³/mol. The van der Waals surface area contributed by atoms with Crippen LogP contribution in [0.1, 0.15) is 50.2 Å². The van der Waals surface area contributed by atoms with E-state index < -0.39 is 28.5 Å². The Morgan fingerprint density at radius 3 is 2.27 bits per heavy atom. The van der Waals surface area contributed by atoms with Crippen molar-refractivity contribution in [1.82, 2.24) is 10.2 Å². The molecule has 0 aliphatic heterocycles. The summed E-state index contributed by atoms with van der Waals surface area (Å²) in [5, 5.41) is 3.52. The van der Waals surface area contributed by atoms with Crippen LogP contribution in [0.3, 0.4) is 0 Å². The number of carbonyl (C=O) groups excluding carboxylic acids is 2. The molecule has 9 heteroatoms. The lowest BCUT2D eigenvalue weighted by Gasteiger charge is -2.33. The molecular weight excluding hydrogens is 546 g/mol. The highest BCUT2D eigenvalue weighted by atomic mass is 35.5. The summed E-state index contributed by atoms with van der Waals surface area (Å²) in [5.41, 5.74) is 2.06.